The molecule has 0 atom stereocenters. The number of hydrogen-bond donors (Lipinski definition) is 1. The van der Waals surface area contributed by atoms with Gasteiger partial charge in [-0.05, 0) is 30.7 Å². The van der Waals surface area contributed by atoms with Crippen molar-refractivity contribution in [1.82, 2.24) is 5.32 Å². The fraction of sp³-hybridized carbons (Fsp3) is 0.333. The lowest BCUT2D eigenvalue weighted by Gasteiger charge is -2.19. The molecule has 0 saturated carbocycles. The average Bonchev–Trinajstić information content (AvgIpc) is 2.63. The molecule has 19 heavy (non-hydrogen) atoms. The maximum atomic E-state index is 12.0. The molecule has 1 aromatic carbocycles. The summed E-state index contributed by atoms with van der Waals surface area (Å²) in [4.78, 5) is 25.5. The van der Waals surface area contributed by atoms with Crippen LogP contribution < -0.4 is 10.2 Å². The molecule has 0 spiro atoms. The highest BCUT2D eigenvalue weighted by Crippen LogP contribution is 2.32. The van der Waals surface area contributed by atoms with Gasteiger partial charge in [-0.2, -0.15) is 0 Å². The van der Waals surface area contributed by atoms with E-state index in [9.17, 15) is 9.59 Å². The Labute approximate surface area is 113 Å². The van der Waals surface area contributed by atoms with E-state index in [-0.39, 0.29) is 0 Å². The Balaban J connectivity index is 2.26. The molecule has 1 N–H and O–H groups in total. The van der Waals surface area contributed by atoms with Gasteiger partial charge >= 0.3 is 0 Å². The molecule has 1 heterocycles. The summed E-state index contributed by atoms with van der Waals surface area (Å²) in [5.74, 6) is -0.878. The highest BCUT2D eigenvalue weighted by atomic mass is 16.2. The maximum Gasteiger partial charge on any atom is 0.299 e. The minimum absolute atomic E-state index is 0.384. The van der Waals surface area contributed by atoms with E-state index in [0.717, 1.165) is 23.4 Å². The van der Waals surface area contributed by atoms with Gasteiger partial charge in [-0.1, -0.05) is 25.6 Å². The van der Waals surface area contributed by atoms with Crippen LogP contribution in [0.2, 0.25) is 0 Å². The van der Waals surface area contributed by atoms with Crippen LogP contribution in [0.4, 0.5) is 5.69 Å². The highest BCUT2D eigenvalue weighted by Gasteiger charge is 2.36. The number of nitrogens with zero attached hydrogens (tertiary/aromatic N) is 1. The molecule has 2 rings (SSSR count). The highest BCUT2D eigenvalue weighted by molar-refractivity contribution is 6.52. The fourth-order valence-electron chi connectivity index (χ4n) is 2.27. The predicted octanol–water partition coefficient (Wildman–Crippen LogP) is 1.69. The Bertz CT molecular complexity index is 549. The first-order chi connectivity index (χ1) is 9.06. The first-order valence-electron chi connectivity index (χ1n) is 6.39. The Kier molecular flexibility index (Phi) is 3.81. The van der Waals surface area contributed by atoms with E-state index < -0.39 is 11.7 Å². The average molecular weight is 258 g/mol. The van der Waals surface area contributed by atoms with Crippen molar-refractivity contribution in [2.45, 2.75) is 13.8 Å². The lowest BCUT2D eigenvalue weighted by Crippen LogP contribution is -2.33. The molecular weight excluding hydrogens is 240 g/mol. The number of rotatable bonds is 5. The van der Waals surface area contributed by atoms with Crippen LogP contribution >= 0.6 is 0 Å². The minimum atomic E-state index is -0.457. The largest absolute Gasteiger partial charge is 0.313 e. The van der Waals surface area contributed by atoms with Crippen molar-refractivity contribution < 1.29 is 9.59 Å². The van der Waals surface area contributed by atoms with E-state index in [1.54, 1.807) is 12.1 Å². The molecule has 4 nitrogen and oxygen atoms in total. The van der Waals surface area contributed by atoms with Crippen LogP contribution in [0.3, 0.4) is 0 Å². The summed E-state index contributed by atoms with van der Waals surface area (Å²) in [6.45, 7) is 9.75. The van der Waals surface area contributed by atoms with Crippen LogP contribution in [0.5, 0.6) is 0 Å². The zero-order valence-corrected chi connectivity index (χ0v) is 11.3. The Morgan fingerprint density at radius 1 is 1.37 bits per heavy atom. The van der Waals surface area contributed by atoms with E-state index in [1.807, 2.05) is 19.9 Å². The molecule has 4 heteroatoms. The van der Waals surface area contributed by atoms with Crippen molar-refractivity contribution in [3.8, 4) is 0 Å². The second kappa shape index (κ2) is 5.36. The van der Waals surface area contributed by atoms with Crippen LogP contribution in [-0.4, -0.2) is 31.3 Å². The molecule has 0 aromatic heterocycles. The molecule has 0 radical (unpaired) electrons. The summed E-state index contributed by atoms with van der Waals surface area (Å²) in [5, 5.41) is 3.16. The molecule has 1 amide bonds. The van der Waals surface area contributed by atoms with Gasteiger partial charge in [0.1, 0.15) is 0 Å². The number of carbonyl (C=O) groups is 2. The van der Waals surface area contributed by atoms with Crippen LogP contribution in [0.25, 0.3) is 0 Å². The standard InChI is InChI=1S/C15H18N2O2/c1-4-16-8-10(2)9-17-13-11(3)6-5-7-12(13)14(18)15(17)19/h5-7,16H,2,4,8-9H2,1,3H3. The van der Waals surface area contributed by atoms with Gasteiger partial charge in [-0.3, -0.25) is 9.59 Å². The summed E-state index contributed by atoms with van der Waals surface area (Å²) in [5.41, 5.74) is 3.06. The third-order valence-electron chi connectivity index (χ3n) is 3.20. The van der Waals surface area contributed by atoms with E-state index in [2.05, 4.69) is 11.9 Å². The molecule has 0 bridgehead atoms. The number of Topliss-reactive ketones (excluding diaryl/α,β-unsaturated/α-hetero) is 1. The number of likely N-dealkylation sites (N-methyl/N-ethyl adjacent to an activating group) is 1. The number of amides is 1. The Morgan fingerprint density at radius 3 is 2.79 bits per heavy atom. The number of fused-ring (bicyclic) bond motifs is 1. The van der Waals surface area contributed by atoms with Gasteiger partial charge in [-0.15, -0.1) is 0 Å². The zero-order valence-electron chi connectivity index (χ0n) is 11.3. The smallest absolute Gasteiger partial charge is 0.299 e. The van der Waals surface area contributed by atoms with Crippen molar-refractivity contribution in [3.63, 3.8) is 0 Å². The number of hydrogen-bond acceptors (Lipinski definition) is 3. The third kappa shape index (κ3) is 2.44. The van der Waals surface area contributed by atoms with Crippen molar-refractivity contribution >= 4 is 17.4 Å². The summed E-state index contributed by atoms with van der Waals surface area (Å²) in [7, 11) is 0. The van der Waals surface area contributed by atoms with Crippen LogP contribution in [0.1, 0.15) is 22.8 Å². The van der Waals surface area contributed by atoms with Crippen LogP contribution in [-0.2, 0) is 4.79 Å². The topological polar surface area (TPSA) is 49.4 Å². The maximum absolute atomic E-state index is 12.0. The molecular formula is C15H18N2O2. The summed E-state index contributed by atoms with van der Waals surface area (Å²) >= 11 is 0. The van der Waals surface area contributed by atoms with E-state index in [1.165, 1.54) is 4.90 Å². The molecule has 1 aliphatic heterocycles. The van der Waals surface area contributed by atoms with Gasteiger partial charge < -0.3 is 10.2 Å². The third-order valence-corrected chi connectivity index (χ3v) is 3.20. The van der Waals surface area contributed by atoms with Gasteiger partial charge in [0.15, 0.2) is 0 Å². The number of carbonyl (C=O) groups excluding carboxylic acids is 2. The number of para-hydroxylation sites is 1. The van der Waals surface area contributed by atoms with Gasteiger partial charge in [-0.25, -0.2) is 0 Å². The summed E-state index contributed by atoms with van der Waals surface area (Å²) in [6, 6.07) is 5.41. The van der Waals surface area contributed by atoms with Crippen molar-refractivity contribution in [1.29, 1.82) is 0 Å². The first kappa shape index (κ1) is 13.5. The van der Waals surface area contributed by atoms with Crippen LogP contribution in [0, 0.1) is 6.92 Å². The Hall–Kier alpha value is -1.94. The fourth-order valence-corrected chi connectivity index (χ4v) is 2.27. The number of ketones is 1. The SMILES string of the molecule is C=C(CNCC)CN1C(=O)C(=O)c2cccc(C)c21. The number of anilines is 1. The molecule has 0 unspecified atom stereocenters. The summed E-state index contributed by atoms with van der Waals surface area (Å²) in [6.07, 6.45) is 0. The van der Waals surface area contributed by atoms with Crippen molar-refractivity contribution in [3.05, 3.63) is 41.5 Å². The van der Waals surface area contributed by atoms with E-state index in [0.29, 0.717) is 18.7 Å². The van der Waals surface area contributed by atoms with Gasteiger partial charge in [0.05, 0.1) is 11.3 Å². The first-order valence-corrected chi connectivity index (χ1v) is 6.39. The lowest BCUT2D eigenvalue weighted by molar-refractivity contribution is -0.114. The van der Waals surface area contributed by atoms with Gasteiger partial charge in [0.25, 0.3) is 11.7 Å². The molecule has 1 aliphatic rings. The zero-order chi connectivity index (χ0) is 14.0. The molecule has 1 aromatic rings. The van der Waals surface area contributed by atoms with Gasteiger partial charge in [0.2, 0.25) is 0 Å². The number of nitrogens with one attached hydrogen (secondary N) is 1. The van der Waals surface area contributed by atoms with Crippen molar-refractivity contribution in [2.24, 2.45) is 0 Å². The lowest BCUT2D eigenvalue weighted by atomic mass is 10.1. The van der Waals surface area contributed by atoms with E-state index in [4.69, 9.17) is 0 Å². The van der Waals surface area contributed by atoms with Crippen LogP contribution in [0.15, 0.2) is 30.4 Å². The molecule has 100 valence electrons. The molecule has 0 aliphatic carbocycles. The quantitative estimate of drug-likeness (QED) is 0.646. The van der Waals surface area contributed by atoms with Crippen molar-refractivity contribution in [2.75, 3.05) is 24.5 Å². The second-order valence-electron chi connectivity index (χ2n) is 4.72. The summed E-state index contributed by atoms with van der Waals surface area (Å²) < 4.78 is 0. The minimum Gasteiger partial charge on any atom is -0.313 e. The Morgan fingerprint density at radius 2 is 2.11 bits per heavy atom. The molecule has 0 fully saturated rings. The van der Waals surface area contributed by atoms with Gasteiger partial charge in [0, 0.05) is 13.1 Å². The number of aryl methyl sites for hydroxylation is 1. The normalized spacial score (nSPS) is 13.9. The number of benzene rings is 1. The monoisotopic (exact) mass is 258 g/mol. The second-order valence-corrected chi connectivity index (χ2v) is 4.72. The van der Waals surface area contributed by atoms with E-state index >= 15 is 0 Å². The molecule has 0 saturated heterocycles. The predicted molar refractivity (Wildman–Crippen MR) is 75.5 cm³/mol.